The van der Waals surface area contributed by atoms with Crippen LogP contribution in [-0.2, 0) is 9.53 Å². The van der Waals surface area contributed by atoms with Crippen LogP contribution in [0.15, 0.2) is 0 Å². The molecule has 0 saturated heterocycles. The Morgan fingerprint density at radius 1 is 1.31 bits per heavy atom. The van der Waals surface area contributed by atoms with E-state index in [4.69, 9.17) is 9.84 Å². The van der Waals surface area contributed by atoms with Crippen LogP contribution >= 0.6 is 0 Å². The van der Waals surface area contributed by atoms with Crippen LogP contribution in [0, 0.1) is 0 Å². The molecule has 0 unspecified atom stereocenters. The van der Waals surface area contributed by atoms with E-state index in [2.05, 4.69) is 10.6 Å². The Kier molecular flexibility index (Phi) is 8.24. The second-order valence-electron chi connectivity index (χ2n) is 3.51. The van der Waals surface area contributed by atoms with E-state index >= 15 is 0 Å². The van der Waals surface area contributed by atoms with Gasteiger partial charge < -0.3 is 20.5 Å². The minimum Gasteiger partial charge on any atom is -0.480 e. The van der Waals surface area contributed by atoms with E-state index in [-0.39, 0.29) is 0 Å². The van der Waals surface area contributed by atoms with Crippen LogP contribution in [0.3, 0.4) is 0 Å². The molecule has 0 aliphatic rings. The zero-order valence-corrected chi connectivity index (χ0v) is 9.78. The van der Waals surface area contributed by atoms with Crippen molar-refractivity contribution in [1.29, 1.82) is 0 Å². The topological polar surface area (TPSA) is 87.7 Å². The monoisotopic (exact) mass is 232 g/mol. The lowest BCUT2D eigenvalue weighted by Gasteiger charge is -2.10. The van der Waals surface area contributed by atoms with Crippen LogP contribution < -0.4 is 10.6 Å². The maximum Gasteiger partial charge on any atom is 0.325 e. The standard InChI is InChI=1S/C10H20N2O4/c1-8(9(13)14)12-10(15)11-6-4-3-5-7-16-2/h8H,3-7H2,1-2H3,(H,13,14)(H2,11,12,15)/t8-/m1/s1. The first kappa shape index (κ1) is 14.7. The van der Waals surface area contributed by atoms with Crippen molar-refractivity contribution in [2.45, 2.75) is 32.2 Å². The number of methoxy groups -OCH3 is 1. The summed E-state index contributed by atoms with van der Waals surface area (Å²) in [6, 6.07) is -1.31. The van der Waals surface area contributed by atoms with E-state index in [1.165, 1.54) is 6.92 Å². The summed E-state index contributed by atoms with van der Waals surface area (Å²) in [6.07, 6.45) is 2.80. The van der Waals surface area contributed by atoms with Gasteiger partial charge in [-0.2, -0.15) is 0 Å². The number of unbranched alkanes of at least 4 members (excludes halogenated alkanes) is 2. The molecule has 0 bridgehead atoms. The van der Waals surface area contributed by atoms with Crippen molar-refractivity contribution in [3.63, 3.8) is 0 Å². The molecule has 94 valence electrons. The van der Waals surface area contributed by atoms with Gasteiger partial charge in [0, 0.05) is 20.3 Å². The molecule has 0 aromatic rings. The third-order valence-corrected chi connectivity index (χ3v) is 2.03. The number of urea groups is 1. The number of carbonyl (C=O) groups is 2. The highest BCUT2D eigenvalue weighted by molar-refractivity contribution is 5.82. The molecule has 3 N–H and O–H groups in total. The number of hydrogen-bond acceptors (Lipinski definition) is 3. The fourth-order valence-electron chi connectivity index (χ4n) is 1.06. The van der Waals surface area contributed by atoms with E-state index in [1.54, 1.807) is 7.11 Å². The fourth-order valence-corrected chi connectivity index (χ4v) is 1.06. The first-order valence-corrected chi connectivity index (χ1v) is 5.34. The zero-order chi connectivity index (χ0) is 12.4. The van der Waals surface area contributed by atoms with Gasteiger partial charge in [0.05, 0.1) is 0 Å². The van der Waals surface area contributed by atoms with Crippen molar-refractivity contribution < 1.29 is 19.4 Å². The molecule has 0 radical (unpaired) electrons. The number of rotatable bonds is 8. The van der Waals surface area contributed by atoms with Crippen LogP contribution in [0.1, 0.15) is 26.2 Å². The lowest BCUT2D eigenvalue weighted by molar-refractivity contribution is -0.138. The van der Waals surface area contributed by atoms with E-state index in [9.17, 15) is 9.59 Å². The second-order valence-corrected chi connectivity index (χ2v) is 3.51. The lowest BCUT2D eigenvalue weighted by Crippen LogP contribution is -2.44. The molecule has 0 aromatic heterocycles. The summed E-state index contributed by atoms with van der Waals surface area (Å²) < 4.78 is 4.88. The summed E-state index contributed by atoms with van der Waals surface area (Å²) in [7, 11) is 1.65. The van der Waals surface area contributed by atoms with Crippen LogP contribution in [-0.4, -0.2) is 43.4 Å². The highest BCUT2D eigenvalue weighted by atomic mass is 16.5. The number of hydrogen-bond donors (Lipinski definition) is 3. The normalized spacial score (nSPS) is 11.9. The Morgan fingerprint density at radius 2 is 2.00 bits per heavy atom. The number of carboxylic acids is 1. The van der Waals surface area contributed by atoms with E-state index in [1.807, 2.05) is 0 Å². The molecule has 0 fully saturated rings. The SMILES string of the molecule is COCCCCCNC(=O)N[C@H](C)C(=O)O. The Labute approximate surface area is 95.4 Å². The Balaban J connectivity index is 3.40. The van der Waals surface area contributed by atoms with Gasteiger partial charge in [-0.25, -0.2) is 4.79 Å². The number of carbonyl (C=O) groups excluding carboxylic acids is 1. The lowest BCUT2D eigenvalue weighted by atomic mass is 10.2. The van der Waals surface area contributed by atoms with Gasteiger partial charge in [-0.15, -0.1) is 0 Å². The number of nitrogens with one attached hydrogen (secondary N) is 2. The van der Waals surface area contributed by atoms with Crippen molar-refractivity contribution in [3.05, 3.63) is 0 Å². The quantitative estimate of drug-likeness (QED) is 0.534. The van der Waals surface area contributed by atoms with E-state index < -0.39 is 18.0 Å². The molecule has 6 nitrogen and oxygen atoms in total. The molecule has 0 spiro atoms. The van der Waals surface area contributed by atoms with Crippen LogP contribution in [0.5, 0.6) is 0 Å². The van der Waals surface area contributed by atoms with Gasteiger partial charge >= 0.3 is 12.0 Å². The smallest absolute Gasteiger partial charge is 0.325 e. The minimum absolute atomic E-state index is 0.443. The largest absolute Gasteiger partial charge is 0.480 e. The van der Waals surface area contributed by atoms with E-state index in [0.717, 1.165) is 25.9 Å². The average Bonchev–Trinajstić information content (AvgIpc) is 2.23. The molecule has 16 heavy (non-hydrogen) atoms. The highest BCUT2D eigenvalue weighted by Crippen LogP contribution is 1.93. The first-order chi connectivity index (χ1) is 7.57. The Hall–Kier alpha value is -1.30. The highest BCUT2D eigenvalue weighted by Gasteiger charge is 2.12. The van der Waals surface area contributed by atoms with Gasteiger partial charge in [0.25, 0.3) is 0 Å². The predicted octanol–water partition coefficient (Wildman–Crippen LogP) is 0.575. The van der Waals surface area contributed by atoms with Gasteiger partial charge in [0.1, 0.15) is 6.04 Å². The minimum atomic E-state index is -1.05. The molecule has 0 rings (SSSR count). The average molecular weight is 232 g/mol. The molecule has 0 aliphatic carbocycles. The second kappa shape index (κ2) is 8.96. The number of carboxylic acid groups (broad SMARTS) is 1. The zero-order valence-electron chi connectivity index (χ0n) is 9.78. The molecule has 6 heteroatoms. The third-order valence-electron chi connectivity index (χ3n) is 2.03. The third kappa shape index (κ3) is 8.05. The molecule has 0 saturated carbocycles. The number of amides is 2. The molecule has 0 heterocycles. The Morgan fingerprint density at radius 3 is 2.56 bits per heavy atom. The van der Waals surface area contributed by atoms with E-state index in [0.29, 0.717) is 6.54 Å². The maximum atomic E-state index is 11.1. The van der Waals surface area contributed by atoms with Gasteiger partial charge in [0.15, 0.2) is 0 Å². The number of aliphatic carboxylic acids is 1. The summed E-state index contributed by atoms with van der Waals surface area (Å²) in [5.41, 5.74) is 0. The van der Waals surface area contributed by atoms with Crippen LogP contribution in [0.4, 0.5) is 4.79 Å². The maximum absolute atomic E-state index is 11.1. The van der Waals surface area contributed by atoms with Crippen molar-refractivity contribution in [1.82, 2.24) is 10.6 Å². The van der Waals surface area contributed by atoms with Crippen molar-refractivity contribution >= 4 is 12.0 Å². The number of ether oxygens (including phenoxy) is 1. The molecule has 0 aliphatic heterocycles. The fraction of sp³-hybridized carbons (Fsp3) is 0.800. The van der Waals surface area contributed by atoms with Gasteiger partial charge in [-0.3, -0.25) is 4.79 Å². The predicted molar refractivity (Wildman–Crippen MR) is 59.4 cm³/mol. The van der Waals surface area contributed by atoms with Gasteiger partial charge in [-0.1, -0.05) is 0 Å². The first-order valence-electron chi connectivity index (χ1n) is 5.34. The molecule has 1 atom stereocenters. The van der Waals surface area contributed by atoms with Gasteiger partial charge in [-0.05, 0) is 26.2 Å². The van der Waals surface area contributed by atoms with Crippen molar-refractivity contribution in [2.24, 2.45) is 0 Å². The summed E-state index contributed by atoms with van der Waals surface area (Å²) in [4.78, 5) is 21.6. The molecule has 2 amide bonds. The van der Waals surface area contributed by atoms with Crippen LogP contribution in [0.2, 0.25) is 0 Å². The van der Waals surface area contributed by atoms with Crippen LogP contribution in [0.25, 0.3) is 0 Å². The summed E-state index contributed by atoms with van der Waals surface area (Å²) in [5.74, 6) is -1.05. The molecular weight excluding hydrogens is 212 g/mol. The molecular formula is C10H20N2O4. The summed E-state index contributed by atoms with van der Waals surface area (Å²) in [6.45, 7) is 2.69. The molecule has 0 aromatic carbocycles. The van der Waals surface area contributed by atoms with Crippen molar-refractivity contribution in [2.75, 3.05) is 20.3 Å². The van der Waals surface area contributed by atoms with Crippen molar-refractivity contribution in [3.8, 4) is 0 Å². The summed E-state index contributed by atoms with van der Waals surface area (Å²) >= 11 is 0. The summed E-state index contributed by atoms with van der Waals surface area (Å²) in [5, 5.41) is 13.4. The van der Waals surface area contributed by atoms with Gasteiger partial charge in [0.2, 0.25) is 0 Å². The Bertz CT molecular complexity index is 221.